The van der Waals surface area contributed by atoms with Crippen LogP contribution in [-0.2, 0) is 17.9 Å². The predicted octanol–water partition coefficient (Wildman–Crippen LogP) is 1.59. The van der Waals surface area contributed by atoms with Crippen LogP contribution in [-0.4, -0.2) is 45.0 Å². The van der Waals surface area contributed by atoms with Crippen LogP contribution >= 0.6 is 0 Å². The van der Waals surface area contributed by atoms with E-state index in [4.69, 9.17) is 8.94 Å². The summed E-state index contributed by atoms with van der Waals surface area (Å²) < 4.78 is 10.4. The summed E-state index contributed by atoms with van der Waals surface area (Å²) in [4.78, 5) is 20.3. The number of nitrogens with zero attached hydrogens (tertiary/aromatic N) is 4. The zero-order chi connectivity index (χ0) is 15.5. The molecule has 0 radical (unpaired) electrons. The number of carbonyl (C=O) groups excluding carboxylic acids is 1. The van der Waals surface area contributed by atoms with E-state index in [9.17, 15) is 4.79 Å². The van der Waals surface area contributed by atoms with Gasteiger partial charge in [0.1, 0.15) is 12.0 Å². The summed E-state index contributed by atoms with van der Waals surface area (Å²) in [6, 6.07) is 2.04. The highest BCUT2D eigenvalue weighted by molar-refractivity contribution is 5.73. The molecule has 0 aliphatic carbocycles. The van der Waals surface area contributed by atoms with Gasteiger partial charge in [-0.05, 0) is 13.3 Å². The number of rotatable bonds is 5. The molecular weight excluding hydrogens is 284 g/mol. The van der Waals surface area contributed by atoms with Crippen LogP contribution in [0.5, 0.6) is 0 Å². The molecule has 0 saturated carbocycles. The number of likely N-dealkylation sites (tertiary alicyclic amines) is 1. The minimum atomic E-state index is 0.0455. The minimum absolute atomic E-state index is 0.0455. The van der Waals surface area contributed by atoms with Crippen molar-refractivity contribution >= 4 is 5.91 Å². The molecule has 1 atom stereocenters. The van der Waals surface area contributed by atoms with Gasteiger partial charge in [0.25, 0.3) is 0 Å². The number of amides is 1. The summed E-state index contributed by atoms with van der Waals surface area (Å²) >= 11 is 0. The maximum Gasteiger partial charge on any atom is 0.220 e. The smallest absolute Gasteiger partial charge is 0.220 e. The third-order valence-electron chi connectivity index (χ3n) is 3.94. The van der Waals surface area contributed by atoms with Crippen LogP contribution in [0.3, 0.4) is 0 Å². The molecule has 0 spiro atoms. The van der Waals surface area contributed by atoms with Crippen molar-refractivity contribution in [2.75, 3.05) is 13.1 Å². The van der Waals surface area contributed by atoms with E-state index in [2.05, 4.69) is 15.0 Å². The van der Waals surface area contributed by atoms with Gasteiger partial charge < -0.3 is 13.8 Å². The summed E-state index contributed by atoms with van der Waals surface area (Å²) in [5.74, 6) is 1.39. The molecule has 0 unspecified atom stereocenters. The van der Waals surface area contributed by atoms with Crippen LogP contribution in [0.25, 0.3) is 0 Å². The number of hydrogen-bond donors (Lipinski definition) is 0. The molecule has 0 N–H and O–H groups in total. The molecule has 0 aromatic carbocycles. The molecule has 1 saturated heterocycles. The van der Waals surface area contributed by atoms with Crippen LogP contribution in [0.15, 0.2) is 27.5 Å². The van der Waals surface area contributed by atoms with E-state index in [-0.39, 0.29) is 11.9 Å². The lowest BCUT2D eigenvalue weighted by molar-refractivity contribution is -0.132. The van der Waals surface area contributed by atoms with E-state index >= 15 is 0 Å². The second-order valence-electron chi connectivity index (χ2n) is 5.68. The van der Waals surface area contributed by atoms with Crippen LogP contribution in [0.1, 0.15) is 30.7 Å². The molecule has 2 aromatic rings. The van der Waals surface area contributed by atoms with Crippen LogP contribution in [0.2, 0.25) is 0 Å². The van der Waals surface area contributed by atoms with E-state index < -0.39 is 0 Å². The van der Waals surface area contributed by atoms with E-state index in [0.717, 1.165) is 37.5 Å². The van der Waals surface area contributed by atoms with E-state index in [1.165, 1.54) is 0 Å². The van der Waals surface area contributed by atoms with Crippen molar-refractivity contribution in [1.29, 1.82) is 0 Å². The average molecular weight is 304 g/mol. The molecular formula is C15H20N4O3. The minimum Gasteiger partial charge on any atom is -0.444 e. The normalized spacial score (nSPS) is 18.7. The van der Waals surface area contributed by atoms with E-state index in [1.807, 2.05) is 17.9 Å². The second-order valence-corrected chi connectivity index (χ2v) is 5.68. The quantitative estimate of drug-likeness (QED) is 0.835. The van der Waals surface area contributed by atoms with Gasteiger partial charge in [0, 0.05) is 38.7 Å². The zero-order valence-corrected chi connectivity index (χ0v) is 12.9. The first-order chi connectivity index (χ1) is 10.6. The second kappa shape index (κ2) is 6.31. The molecule has 3 heterocycles. The Kier molecular flexibility index (Phi) is 4.24. The summed E-state index contributed by atoms with van der Waals surface area (Å²) in [5.41, 5.74) is 0.915. The molecule has 1 aliphatic heterocycles. The molecule has 1 amide bonds. The number of hydrogen-bond acceptors (Lipinski definition) is 6. The van der Waals surface area contributed by atoms with Crippen molar-refractivity contribution in [3.63, 3.8) is 0 Å². The van der Waals surface area contributed by atoms with Crippen molar-refractivity contribution < 1.29 is 13.7 Å². The molecule has 118 valence electrons. The first-order valence-corrected chi connectivity index (χ1v) is 7.42. The number of oxazole rings is 1. The Labute approximate surface area is 128 Å². The summed E-state index contributed by atoms with van der Waals surface area (Å²) in [5, 5.41) is 3.93. The third kappa shape index (κ3) is 3.36. The summed E-state index contributed by atoms with van der Waals surface area (Å²) in [7, 11) is 0. The molecule has 1 fully saturated rings. The number of aryl methyl sites for hydroxylation is 1. The maximum absolute atomic E-state index is 12.0. The van der Waals surface area contributed by atoms with Crippen molar-refractivity contribution in [3.8, 4) is 0 Å². The monoisotopic (exact) mass is 304 g/mol. The Hall–Kier alpha value is -2.15. The lowest BCUT2D eigenvalue weighted by atomic mass is 10.2. The van der Waals surface area contributed by atoms with Crippen molar-refractivity contribution in [3.05, 3.63) is 35.9 Å². The lowest BCUT2D eigenvalue weighted by Gasteiger charge is -2.26. The first-order valence-electron chi connectivity index (χ1n) is 7.42. The van der Waals surface area contributed by atoms with Crippen LogP contribution < -0.4 is 0 Å². The van der Waals surface area contributed by atoms with Gasteiger partial charge in [-0.2, -0.15) is 0 Å². The Morgan fingerprint density at radius 2 is 2.41 bits per heavy atom. The Bertz CT molecular complexity index is 623. The summed E-state index contributed by atoms with van der Waals surface area (Å²) in [6.07, 6.45) is 4.20. The average Bonchev–Trinajstić information content (AvgIpc) is 3.19. The Morgan fingerprint density at radius 3 is 3.05 bits per heavy atom. The van der Waals surface area contributed by atoms with Crippen molar-refractivity contribution in [2.45, 2.75) is 39.4 Å². The van der Waals surface area contributed by atoms with Gasteiger partial charge in [-0.25, -0.2) is 4.98 Å². The number of aromatic nitrogens is 2. The van der Waals surface area contributed by atoms with Gasteiger partial charge in [0.05, 0.1) is 18.4 Å². The molecule has 22 heavy (non-hydrogen) atoms. The van der Waals surface area contributed by atoms with E-state index in [0.29, 0.717) is 12.4 Å². The topological polar surface area (TPSA) is 75.6 Å². The van der Waals surface area contributed by atoms with Gasteiger partial charge in [-0.15, -0.1) is 0 Å². The fraction of sp³-hybridized carbons (Fsp3) is 0.533. The van der Waals surface area contributed by atoms with Gasteiger partial charge in [0.15, 0.2) is 0 Å². The van der Waals surface area contributed by atoms with Gasteiger partial charge >= 0.3 is 0 Å². The standard InChI is InChI=1S/C15H20N4O3/c1-11-7-16-15(22-11)10-19(12(2)20)14-3-5-18(9-14)8-13-4-6-21-17-13/h4,6-7,14H,3,5,8-10H2,1-2H3/t14-/m1/s1. The molecule has 7 nitrogen and oxygen atoms in total. The SMILES string of the molecule is CC(=O)N(Cc1ncc(C)o1)[C@@H]1CCN(Cc2ccon2)C1. The number of carbonyl (C=O) groups is 1. The zero-order valence-electron chi connectivity index (χ0n) is 12.9. The van der Waals surface area contributed by atoms with Crippen LogP contribution in [0.4, 0.5) is 0 Å². The van der Waals surface area contributed by atoms with Gasteiger partial charge in [-0.1, -0.05) is 5.16 Å². The maximum atomic E-state index is 12.0. The molecule has 0 bridgehead atoms. The molecule has 3 rings (SSSR count). The van der Waals surface area contributed by atoms with E-state index in [1.54, 1.807) is 19.4 Å². The fourth-order valence-electron chi connectivity index (χ4n) is 2.88. The van der Waals surface area contributed by atoms with Crippen molar-refractivity contribution in [2.24, 2.45) is 0 Å². The van der Waals surface area contributed by atoms with Crippen molar-refractivity contribution in [1.82, 2.24) is 19.9 Å². The predicted molar refractivity (Wildman–Crippen MR) is 77.6 cm³/mol. The Morgan fingerprint density at radius 1 is 1.55 bits per heavy atom. The molecule has 7 heteroatoms. The van der Waals surface area contributed by atoms with Gasteiger partial charge in [0.2, 0.25) is 11.8 Å². The first kappa shape index (κ1) is 14.8. The molecule has 1 aliphatic rings. The molecule has 2 aromatic heterocycles. The lowest BCUT2D eigenvalue weighted by Crippen LogP contribution is -2.40. The highest BCUT2D eigenvalue weighted by Crippen LogP contribution is 2.20. The summed E-state index contributed by atoms with van der Waals surface area (Å²) in [6.45, 7) is 6.38. The highest BCUT2D eigenvalue weighted by Gasteiger charge is 2.30. The third-order valence-corrected chi connectivity index (χ3v) is 3.94. The fourth-order valence-corrected chi connectivity index (χ4v) is 2.88. The van der Waals surface area contributed by atoms with Gasteiger partial charge in [-0.3, -0.25) is 9.69 Å². The largest absolute Gasteiger partial charge is 0.444 e. The Balaban J connectivity index is 1.61. The van der Waals surface area contributed by atoms with Crippen LogP contribution in [0, 0.1) is 6.92 Å². The highest BCUT2D eigenvalue weighted by atomic mass is 16.5.